The number of aliphatic hydroxyl groups excluding tert-OH is 1. The maximum atomic E-state index is 12.5. The number of phenols is 1. The minimum atomic E-state index is -3.53. The number of nitrogens with one attached hydrogen (secondary N) is 3. The van der Waals surface area contributed by atoms with Crippen molar-refractivity contribution in [1.82, 2.24) is 10.0 Å². The van der Waals surface area contributed by atoms with Gasteiger partial charge in [-0.15, -0.1) is 0 Å². The Hall–Kier alpha value is -2.50. The van der Waals surface area contributed by atoms with Crippen LogP contribution in [0.1, 0.15) is 76.5 Å². The molecule has 0 aliphatic heterocycles. The topological polar surface area (TPSA) is 137 Å². The van der Waals surface area contributed by atoms with Crippen molar-refractivity contribution in [1.29, 1.82) is 0 Å². The van der Waals surface area contributed by atoms with Gasteiger partial charge in [0.1, 0.15) is 5.75 Å². The predicted octanol–water partition coefficient (Wildman–Crippen LogP) is 4.26. The van der Waals surface area contributed by atoms with Crippen molar-refractivity contribution in [3.05, 3.63) is 53.6 Å². The van der Waals surface area contributed by atoms with Gasteiger partial charge in [-0.1, -0.05) is 31.0 Å². The number of unbranched alkanes of at least 4 members (excludes halogenated alkanes) is 4. The monoisotopic (exact) mass is 563 g/mol. The molecular weight excluding hydrogens is 518 g/mol. The van der Waals surface area contributed by atoms with E-state index in [0.29, 0.717) is 30.0 Å². The van der Waals surface area contributed by atoms with Crippen LogP contribution >= 0.6 is 0 Å². The quantitative estimate of drug-likeness (QED) is 0.0978. The van der Waals surface area contributed by atoms with Crippen molar-refractivity contribution < 1.29 is 28.2 Å². The van der Waals surface area contributed by atoms with Gasteiger partial charge in [0, 0.05) is 25.3 Å². The number of benzene rings is 2. The van der Waals surface area contributed by atoms with E-state index in [0.717, 1.165) is 63.7 Å². The summed E-state index contributed by atoms with van der Waals surface area (Å²) in [5.41, 5.74) is 1.38. The number of aromatic hydroxyl groups is 1. The van der Waals surface area contributed by atoms with E-state index in [1.54, 1.807) is 30.3 Å². The molecule has 39 heavy (non-hydrogen) atoms. The Balaban J connectivity index is 1.49. The van der Waals surface area contributed by atoms with E-state index in [4.69, 9.17) is 4.74 Å². The summed E-state index contributed by atoms with van der Waals surface area (Å²) in [6, 6.07) is 11.8. The van der Waals surface area contributed by atoms with Crippen LogP contribution in [0.3, 0.4) is 0 Å². The van der Waals surface area contributed by atoms with E-state index in [-0.39, 0.29) is 11.4 Å². The van der Waals surface area contributed by atoms with Crippen molar-refractivity contribution >= 4 is 22.1 Å². The minimum absolute atomic E-state index is 0.0414. The van der Waals surface area contributed by atoms with Gasteiger partial charge in [-0.05, 0) is 94.8 Å². The van der Waals surface area contributed by atoms with Crippen LogP contribution in [0.2, 0.25) is 0 Å². The first-order chi connectivity index (χ1) is 18.5. The summed E-state index contributed by atoms with van der Waals surface area (Å²) in [5.74, 6) is -0.0414. The van der Waals surface area contributed by atoms with E-state index in [9.17, 15) is 23.4 Å². The molecule has 2 aromatic carbocycles. The van der Waals surface area contributed by atoms with E-state index in [1.165, 1.54) is 6.07 Å². The number of aryl methyl sites for hydroxylation is 1. The Kier molecular flexibility index (Phi) is 13.9. The van der Waals surface area contributed by atoms with Gasteiger partial charge in [0.2, 0.25) is 16.4 Å². The third-order valence-electron chi connectivity index (χ3n) is 6.00. The smallest absolute Gasteiger partial charge is 0.241 e. The number of amides is 1. The second kappa shape index (κ2) is 16.6. The first-order valence-electron chi connectivity index (χ1n) is 13.6. The van der Waals surface area contributed by atoms with Crippen LogP contribution < -0.4 is 15.4 Å². The number of rotatable bonds is 19. The van der Waals surface area contributed by atoms with Crippen molar-refractivity contribution in [2.24, 2.45) is 0 Å². The minimum Gasteiger partial charge on any atom is -0.506 e. The summed E-state index contributed by atoms with van der Waals surface area (Å²) in [5, 5.41) is 25.6. The van der Waals surface area contributed by atoms with Crippen LogP contribution in [0.5, 0.6) is 5.75 Å². The van der Waals surface area contributed by atoms with E-state index >= 15 is 0 Å². The van der Waals surface area contributed by atoms with Crippen molar-refractivity contribution in [2.45, 2.75) is 82.3 Å². The van der Waals surface area contributed by atoms with Gasteiger partial charge in [-0.3, -0.25) is 4.79 Å². The highest BCUT2D eigenvalue weighted by Gasteiger charge is 2.22. The van der Waals surface area contributed by atoms with Crippen LogP contribution in [0.25, 0.3) is 0 Å². The lowest BCUT2D eigenvalue weighted by Gasteiger charge is -2.20. The number of hydrogen-bond acceptors (Lipinski definition) is 7. The number of carbonyl (C=O) groups is 1. The van der Waals surface area contributed by atoms with Crippen LogP contribution in [-0.4, -0.2) is 56.9 Å². The van der Waals surface area contributed by atoms with Crippen molar-refractivity contribution in [2.75, 3.05) is 31.6 Å². The Morgan fingerprint density at radius 2 is 1.69 bits per heavy atom. The van der Waals surface area contributed by atoms with Crippen LogP contribution in [0.15, 0.2) is 47.4 Å². The molecule has 0 bridgehead atoms. The summed E-state index contributed by atoms with van der Waals surface area (Å²) in [7, 11) is -3.53. The molecule has 0 heterocycles. The van der Waals surface area contributed by atoms with Crippen molar-refractivity contribution in [3.63, 3.8) is 0 Å². The molecule has 10 heteroatoms. The number of ether oxygens (including phenoxy) is 1. The van der Waals surface area contributed by atoms with E-state index < -0.39 is 21.7 Å². The molecule has 0 aliphatic rings. The standard InChI is InChI=1S/C29H45N3O6S/c1-29(2,3)32-39(36,37)25-13-10-12-23(19-25)11-6-9-18-38-17-8-5-4-7-16-30-21-28(35)24-14-15-27(34)26(20-24)31-22-33/h10,12-15,19-20,22,28,30,32,34-35H,4-9,11,16-18,21H2,1-3H3,(H,31,33)/t28-/m0/s1. The molecule has 0 saturated heterocycles. The zero-order valence-electron chi connectivity index (χ0n) is 23.4. The number of aliphatic hydroxyl groups is 1. The van der Waals surface area contributed by atoms with Gasteiger partial charge < -0.3 is 25.6 Å². The Morgan fingerprint density at radius 1 is 0.974 bits per heavy atom. The first kappa shape index (κ1) is 32.7. The van der Waals surface area contributed by atoms with E-state index in [2.05, 4.69) is 15.4 Å². The van der Waals surface area contributed by atoms with Gasteiger partial charge in [-0.25, -0.2) is 13.1 Å². The fraction of sp³-hybridized carbons (Fsp3) is 0.552. The summed E-state index contributed by atoms with van der Waals surface area (Å²) in [6.45, 7) is 8.10. The molecule has 9 nitrogen and oxygen atoms in total. The second-order valence-corrected chi connectivity index (χ2v) is 12.4. The highest BCUT2D eigenvalue weighted by Crippen LogP contribution is 2.26. The van der Waals surface area contributed by atoms with Gasteiger partial charge in [0.25, 0.3) is 0 Å². The Morgan fingerprint density at radius 3 is 2.41 bits per heavy atom. The average Bonchev–Trinajstić information content (AvgIpc) is 2.87. The number of sulfonamides is 1. The molecule has 0 saturated carbocycles. The molecule has 1 amide bonds. The largest absolute Gasteiger partial charge is 0.506 e. The Labute approximate surface area is 233 Å². The van der Waals surface area contributed by atoms with Gasteiger partial charge in [-0.2, -0.15) is 0 Å². The molecule has 2 rings (SSSR count). The molecular formula is C29H45N3O6S. The molecule has 218 valence electrons. The molecule has 0 aliphatic carbocycles. The average molecular weight is 564 g/mol. The van der Waals surface area contributed by atoms with Crippen LogP contribution in [0.4, 0.5) is 5.69 Å². The van der Waals surface area contributed by atoms with E-state index in [1.807, 2.05) is 26.8 Å². The lowest BCUT2D eigenvalue weighted by Crippen LogP contribution is -2.40. The third kappa shape index (κ3) is 12.9. The number of anilines is 1. The highest BCUT2D eigenvalue weighted by molar-refractivity contribution is 7.89. The number of hydrogen-bond donors (Lipinski definition) is 5. The normalized spacial score (nSPS) is 12.8. The molecule has 2 aromatic rings. The molecule has 1 atom stereocenters. The van der Waals surface area contributed by atoms with Gasteiger partial charge in [0.15, 0.2) is 0 Å². The second-order valence-electron chi connectivity index (χ2n) is 10.7. The van der Waals surface area contributed by atoms with Crippen molar-refractivity contribution in [3.8, 4) is 5.75 Å². The Bertz CT molecular complexity index is 1120. The fourth-order valence-electron chi connectivity index (χ4n) is 4.07. The highest BCUT2D eigenvalue weighted by atomic mass is 32.2. The lowest BCUT2D eigenvalue weighted by molar-refractivity contribution is -0.105. The summed E-state index contributed by atoms with van der Waals surface area (Å²) in [6.07, 6.45) is 6.59. The summed E-state index contributed by atoms with van der Waals surface area (Å²) in [4.78, 5) is 10.9. The van der Waals surface area contributed by atoms with Crippen LogP contribution in [-0.2, 0) is 26.0 Å². The SMILES string of the molecule is CC(C)(C)NS(=O)(=O)c1cccc(CCCCOCCCCCCNC[C@H](O)c2ccc(O)c(NC=O)c2)c1. The molecule has 0 fully saturated rings. The predicted molar refractivity (Wildman–Crippen MR) is 154 cm³/mol. The summed E-state index contributed by atoms with van der Waals surface area (Å²) >= 11 is 0. The molecule has 0 spiro atoms. The van der Waals surface area contributed by atoms with Crippen LogP contribution in [0, 0.1) is 0 Å². The molecule has 0 aromatic heterocycles. The third-order valence-corrected chi connectivity index (χ3v) is 7.76. The number of phenolic OH excluding ortho intramolecular Hbond substituents is 1. The van der Waals surface area contributed by atoms with Gasteiger partial charge >= 0.3 is 0 Å². The maximum absolute atomic E-state index is 12.5. The van der Waals surface area contributed by atoms with Gasteiger partial charge in [0.05, 0.1) is 16.7 Å². The molecule has 5 N–H and O–H groups in total. The zero-order chi connectivity index (χ0) is 28.7. The summed E-state index contributed by atoms with van der Waals surface area (Å²) < 4.78 is 33.5. The first-order valence-corrected chi connectivity index (χ1v) is 15.1. The number of carbonyl (C=O) groups excluding carboxylic acids is 1. The maximum Gasteiger partial charge on any atom is 0.241 e. The zero-order valence-corrected chi connectivity index (χ0v) is 24.2. The lowest BCUT2D eigenvalue weighted by atomic mass is 10.1. The molecule has 0 radical (unpaired) electrons. The fourth-order valence-corrected chi connectivity index (χ4v) is 5.56. The molecule has 0 unspecified atom stereocenters.